The number of hydrogen-bond donors (Lipinski definition) is 1. The summed E-state index contributed by atoms with van der Waals surface area (Å²) in [6, 6.07) is 5.16. The molecule has 20 heavy (non-hydrogen) atoms. The van der Waals surface area contributed by atoms with Crippen molar-refractivity contribution in [2.45, 2.75) is 33.1 Å². The minimum Gasteiger partial charge on any atom is -0.495 e. The Bertz CT molecular complexity index is 518. The Morgan fingerprint density at radius 3 is 2.60 bits per heavy atom. The molecule has 0 aromatic heterocycles. The van der Waals surface area contributed by atoms with Gasteiger partial charge in [-0.05, 0) is 37.0 Å². The predicted molar refractivity (Wildman–Crippen MR) is 78.1 cm³/mol. The fraction of sp³-hybridized carbons (Fsp3) is 0.500. The zero-order chi connectivity index (χ0) is 14.7. The van der Waals surface area contributed by atoms with Gasteiger partial charge >= 0.3 is 0 Å². The van der Waals surface area contributed by atoms with Crippen molar-refractivity contribution >= 4 is 17.4 Å². The summed E-state index contributed by atoms with van der Waals surface area (Å²) in [4.78, 5) is 23.8. The third kappa shape index (κ3) is 3.59. The van der Waals surface area contributed by atoms with Gasteiger partial charge in [0, 0.05) is 17.9 Å². The Hall–Kier alpha value is -1.84. The number of ketones is 1. The molecule has 1 fully saturated rings. The molecule has 1 aliphatic carbocycles. The van der Waals surface area contributed by atoms with Crippen LogP contribution in [0.2, 0.25) is 0 Å². The third-order valence-electron chi connectivity index (χ3n) is 3.46. The van der Waals surface area contributed by atoms with Crippen LogP contribution in [0.15, 0.2) is 18.2 Å². The second kappa shape index (κ2) is 6.07. The van der Waals surface area contributed by atoms with Crippen molar-refractivity contribution in [1.82, 2.24) is 0 Å². The first-order valence-corrected chi connectivity index (χ1v) is 7.03. The van der Waals surface area contributed by atoms with Crippen LogP contribution in [-0.4, -0.2) is 18.8 Å². The molecule has 108 valence electrons. The molecule has 1 amide bonds. The van der Waals surface area contributed by atoms with E-state index in [2.05, 4.69) is 5.32 Å². The van der Waals surface area contributed by atoms with E-state index in [-0.39, 0.29) is 17.6 Å². The molecular weight excluding hydrogens is 254 g/mol. The molecule has 0 radical (unpaired) electrons. The van der Waals surface area contributed by atoms with Crippen LogP contribution in [-0.2, 0) is 4.79 Å². The fourth-order valence-electron chi connectivity index (χ4n) is 2.07. The summed E-state index contributed by atoms with van der Waals surface area (Å²) in [6.07, 6.45) is 2.86. The molecule has 0 saturated heterocycles. The SMILES string of the molecule is COc1cc(C(=O)C(C)C)ccc1NC(=O)CC1CC1. The molecule has 1 aliphatic rings. The number of Topliss-reactive ketones (excluding diaryl/α,β-unsaturated/α-hetero) is 1. The van der Waals surface area contributed by atoms with E-state index < -0.39 is 0 Å². The van der Waals surface area contributed by atoms with Crippen molar-refractivity contribution in [3.63, 3.8) is 0 Å². The highest BCUT2D eigenvalue weighted by Gasteiger charge is 2.24. The van der Waals surface area contributed by atoms with E-state index >= 15 is 0 Å². The highest BCUT2D eigenvalue weighted by Crippen LogP contribution is 2.33. The van der Waals surface area contributed by atoms with Gasteiger partial charge in [-0.3, -0.25) is 9.59 Å². The van der Waals surface area contributed by atoms with Crippen molar-refractivity contribution in [2.24, 2.45) is 11.8 Å². The summed E-state index contributed by atoms with van der Waals surface area (Å²) in [7, 11) is 1.54. The summed E-state index contributed by atoms with van der Waals surface area (Å²) in [5.74, 6) is 1.09. The van der Waals surface area contributed by atoms with Crippen molar-refractivity contribution < 1.29 is 14.3 Å². The van der Waals surface area contributed by atoms with Crippen LogP contribution >= 0.6 is 0 Å². The lowest BCUT2D eigenvalue weighted by Crippen LogP contribution is -2.13. The second-order valence-electron chi connectivity index (χ2n) is 5.63. The lowest BCUT2D eigenvalue weighted by molar-refractivity contribution is -0.116. The van der Waals surface area contributed by atoms with Crippen LogP contribution in [0, 0.1) is 11.8 Å². The van der Waals surface area contributed by atoms with Crippen LogP contribution in [0.3, 0.4) is 0 Å². The minimum absolute atomic E-state index is 0.00809. The predicted octanol–water partition coefficient (Wildman–Crippen LogP) is 3.27. The Balaban J connectivity index is 2.12. The maximum atomic E-state index is 12.0. The molecule has 0 spiro atoms. The van der Waals surface area contributed by atoms with E-state index in [9.17, 15) is 9.59 Å². The second-order valence-corrected chi connectivity index (χ2v) is 5.63. The zero-order valence-corrected chi connectivity index (χ0v) is 12.2. The number of ether oxygens (including phenoxy) is 1. The Labute approximate surface area is 119 Å². The fourth-order valence-corrected chi connectivity index (χ4v) is 2.07. The van der Waals surface area contributed by atoms with Gasteiger partial charge in [0.25, 0.3) is 0 Å². The van der Waals surface area contributed by atoms with Gasteiger partial charge < -0.3 is 10.1 Å². The number of amides is 1. The lowest BCUT2D eigenvalue weighted by Gasteiger charge is -2.12. The van der Waals surface area contributed by atoms with Gasteiger partial charge in [0.1, 0.15) is 5.75 Å². The molecule has 0 unspecified atom stereocenters. The van der Waals surface area contributed by atoms with E-state index in [1.807, 2.05) is 13.8 Å². The van der Waals surface area contributed by atoms with Crippen molar-refractivity contribution in [2.75, 3.05) is 12.4 Å². The number of benzene rings is 1. The number of nitrogens with one attached hydrogen (secondary N) is 1. The van der Waals surface area contributed by atoms with Crippen molar-refractivity contribution in [3.05, 3.63) is 23.8 Å². The maximum absolute atomic E-state index is 12.0. The molecule has 0 atom stereocenters. The Morgan fingerprint density at radius 1 is 1.35 bits per heavy atom. The number of rotatable bonds is 6. The first-order chi connectivity index (χ1) is 9.51. The Kier molecular flexibility index (Phi) is 4.42. The summed E-state index contributed by atoms with van der Waals surface area (Å²) in [5, 5.41) is 2.85. The average molecular weight is 275 g/mol. The number of anilines is 1. The van der Waals surface area contributed by atoms with Crippen LogP contribution in [0.1, 0.15) is 43.5 Å². The number of carbonyl (C=O) groups is 2. The van der Waals surface area contributed by atoms with Crippen LogP contribution in [0.4, 0.5) is 5.69 Å². The average Bonchev–Trinajstić information content (AvgIpc) is 3.21. The van der Waals surface area contributed by atoms with E-state index in [1.54, 1.807) is 18.2 Å². The molecule has 0 heterocycles. The molecule has 1 saturated carbocycles. The quantitative estimate of drug-likeness (QED) is 0.811. The molecule has 2 rings (SSSR count). The molecule has 0 aliphatic heterocycles. The Morgan fingerprint density at radius 2 is 2.05 bits per heavy atom. The van der Waals surface area contributed by atoms with Crippen LogP contribution < -0.4 is 10.1 Å². The largest absolute Gasteiger partial charge is 0.495 e. The molecule has 1 aromatic rings. The molecular formula is C16H21NO3. The monoisotopic (exact) mass is 275 g/mol. The number of carbonyl (C=O) groups excluding carboxylic acids is 2. The zero-order valence-electron chi connectivity index (χ0n) is 12.2. The highest BCUT2D eigenvalue weighted by molar-refractivity contribution is 5.99. The van der Waals surface area contributed by atoms with Gasteiger partial charge in [0.05, 0.1) is 12.8 Å². The maximum Gasteiger partial charge on any atom is 0.224 e. The minimum atomic E-state index is -0.0602. The molecule has 4 nitrogen and oxygen atoms in total. The smallest absolute Gasteiger partial charge is 0.224 e. The van der Waals surface area contributed by atoms with E-state index in [0.717, 1.165) is 12.8 Å². The van der Waals surface area contributed by atoms with E-state index in [1.165, 1.54) is 7.11 Å². The van der Waals surface area contributed by atoms with Crippen LogP contribution in [0.5, 0.6) is 5.75 Å². The highest BCUT2D eigenvalue weighted by atomic mass is 16.5. The van der Waals surface area contributed by atoms with Gasteiger partial charge in [0.15, 0.2) is 5.78 Å². The van der Waals surface area contributed by atoms with Gasteiger partial charge in [-0.2, -0.15) is 0 Å². The summed E-state index contributed by atoms with van der Waals surface area (Å²) >= 11 is 0. The lowest BCUT2D eigenvalue weighted by atomic mass is 10.0. The van der Waals surface area contributed by atoms with Crippen LogP contribution in [0.25, 0.3) is 0 Å². The van der Waals surface area contributed by atoms with Gasteiger partial charge in [0.2, 0.25) is 5.91 Å². The first-order valence-electron chi connectivity index (χ1n) is 7.03. The standard InChI is InChI=1S/C16H21NO3/c1-10(2)16(19)12-6-7-13(14(9-12)20-3)17-15(18)8-11-4-5-11/h6-7,9-11H,4-5,8H2,1-3H3,(H,17,18). The molecule has 4 heteroatoms. The van der Waals surface area contributed by atoms with Gasteiger partial charge in [-0.1, -0.05) is 13.8 Å². The molecule has 1 N–H and O–H groups in total. The first kappa shape index (κ1) is 14.6. The van der Waals surface area contributed by atoms with Gasteiger partial charge in [-0.15, -0.1) is 0 Å². The summed E-state index contributed by atoms with van der Waals surface area (Å²) < 4.78 is 5.27. The molecule has 1 aromatic carbocycles. The normalized spacial score (nSPS) is 14.2. The van der Waals surface area contributed by atoms with Crippen molar-refractivity contribution in [1.29, 1.82) is 0 Å². The number of hydrogen-bond acceptors (Lipinski definition) is 3. The summed E-state index contributed by atoms with van der Waals surface area (Å²) in [5.41, 5.74) is 1.23. The van der Waals surface area contributed by atoms with E-state index in [4.69, 9.17) is 4.74 Å². The number of methoxy groups -OCH3 is 1. The van der Waals surface area contributed by atoms with Gasteiger partial charge in [-0.25, -0.2) is 0 Å². The van der Waals surface area contributed by atoms with E-state index in [0.29, 0.717) is 29.3 Å². The molecule has 0 bridgehead atoms. The summed E-state index contributed by atoms with van der Waals surface area (Å²) in [6.45, 7) is 3.72. The topological polar surface area (TPSA) is 55.4 Å². The third-order valence-corrected chi connectivity index (χ3v) is 3.46. The van der Waals surface area contributed by atoms with Crippen molar-refractivity contribution in [3.8, 4) is 5.75 Å².